The summed E-state index contributed by atoms with van der Waals surface area (Å²) in [6, 6.07) is 0. The molecule has 0 N–H and O–H groups in total. The third-order valence-corrected chi connectivity index (χ3v) is 2.91. The van der Waals surface area contributed by atoms with Crippen LogP contribution in [0.5, 0.6) is 0 Å². The highest BCUT2D eigenvalue weighted by Gasteiger charge is 2.34. The zero-order chi connectivity index (χ0) is 13.1. The molecule has 100 valence electrons. The number of nitro groups is 1. The minimum absolute atomic E-state index is 0.169. The molecule has 1 fully saturated rings. The van der Waals surface area contributed by atoms with Crippen LogP contribution in [-0.4, -0.2) is 27.4 Å². The van der Waals surface area contributed by atoms with E-state index in [-0.39, 0.29) is 16.7 Å². The van der Waals surface area contributed by atoms with Crippen LogP contribution in [0.15, 0.2) is 6.20 Å². The van der Waals surface area contributed by atoms with Gasteiger partial charge in [-0.2, -0.15) is 5.10 Å². The summed E-state index contributed by atoms with van der Waals surface area (Å²) in [5.74, 6) is 0.304. The van der Waals surface area contributed by atoms with Crippen molar-refractivity contribution in [1.82, 2.24) is 9.78 Å². The van der Waals surface area contributed by atoms with E-state index in [9.17, 15) is 10.1 Å². The number of aromatic nitrogens is 2. The van der Waals surface area contributed by atoms with Crippen LogP contribution in [-0.2, 0) is 11.3 Å². The maximum Gasteiger partial charge on any atom is 0.310 e. The third-order valence-electron chi connectivity index (χ3n) is 2.91. The van der Waals surface area contributed by atoms with Gasteiger partial charge in [0.25, 0.3) is 0 Å². The Balaban J connectivity index is 1.92. The second-order valence-corrected chi connectivity index (χ2v) is 4.97. The van der Waals surface area contributed by atoms with Crippen LogP contribution in [0.25, 0.3) is 0 Å². The van der Waals surface area contributed by atoms with E-state index in [1.165, 1.54) is 0 Å². The van der Waals surface area contributed by atoms with Gasteiger partial charge in [0.2, 0.25) is 0 Å². The van der Waals surface area contributed by atoms with Crippen molar-refractivity contribution in [3.05, 3.63) is 22.0 Å². The topological polar surface area (TPSA) is 70.2 Å². The summed E-state index contributed by atoms with van der Waals surface area (Å²) >= 11 is 0. The number of hydrogen-bond acceptors (Lipinski definition) is 4. The molecule has 0 spiro atoms. The lowest BCUT2D eigenvalue weighted by molar-refractivity contribution is -0.385. The zero-order valence-electron chi connectivity index (χ0n) is 10.8. The quantitative estimate of drug-likeness (QED) is 0.425. The molecule has 0 radical (unpaired) electrons. The van der Waals surface area contributed by atoms with Gasteiger partial charge in [-0.15, -0.1) is 0 Å². The molecule has 0 saturated heterocycles. The van der Waals surface area contributed by atoms with Crippen LogP contribution in [0, 0.1) is 10.1 Å². The summed E-state index contributed by atoms with van der Waals surface area (Å²) in [6.07, 6.45) is 4.63. The molecule has 6 heteroatoms. The largest absolute Gasteiger partial charge is 0.379 e. The van der Waals surface area contributed by atoms with Gasteiger partial charge in [0.15, 0.2) is 0 Å². The summed E-state index contributed by atoms with van der Waals surface area (Å²) in [5.41, 5.74) is 0.826. The second-order valence-electron chi connectivity index (χ2n) is 4.97. The van der Waals surface area contributed by atoms with Gasteiger partial charge in [-0.25, -0.2) is 0 Å². The second kappa shape index (κ2) is 5.48. The smallest absolute Gasteiger partial charge is 0.310 e. The average molecular weight is 253 g/mol. The van der Waals surface area contributed by atoms with E-state index >= 15 is 0 Å². The van der Waals surface area contributed by atoms with Crippen LogP contribution >= 0.6 is 0 Å². The Morgan fingerprint density at radius 2 is 2.33 bits per heavy atom. The molecular weight excluding hydrogens is 234 g/mol. The SMILES string of the molecule is CC(C)OCCCn1cc([N+](=O)[O-])c(C2CC2)n1. The molecule has 0 bridgehead atoms. The molecule has 1 aromatic heterocycles. The standard InChI is InChI=1S/C12H19N3O3/c1-9(2)18-7-3-6-14-8-11(15(16)17)12(13-14)10-4-5-10/h8-10H,3-7H2,1-2H3. The molecule has 2 rings (SSSR count). The lowest BCUT2D eigenvalue weighted by Crippen LogP contribution is -2.07. The molecule has 1 aromatic rings. The molecule has 0 atom stereocenters. The normalized spacial score (nSPS) is 15.3. The third kappa shape index (κ3) is 3.29. The van der Waals surface area contributed by atoms with Gasteiger partial charge in [-0.05, 0) is 33.1 Å². The van der Waals surface area contributed by atoms with Crippen molar-refractivity contribution in [2.45, 2.75) is 51.7 Å². The van der Waals surface area contributed by atoms with Gasteiger partial charge in [0, 0.05) is 19.1 Å². The van der Waals surface area contributed by atoms with E-state index in [4.69, 9.17) is 4.74 Å². The fourth-order valence-corrected chi connectivity index (χ4v) is 1.87. The van der Waals surface area contributed by atoms with Gasteiger partial charge in [0.1, 0.15) is 11.9 Å². The Labute approximate surface area is 106 Å². The summed E-state index contributed by atoms with van der Waals surface area (Å²) < 4.78 is 7.11. The Bertz CT molecular complexity index is 424. The zero-order valence-corrected chi connectivity index (χ0v) is 10.8. The molecule has 0 aliphatic heterocycles. The van der Waals surface area contributed by atoms with E-state index < -0.39 is 0 Å². The first-order valence-electron chi connectivity index (χ1n) is 6.41. The van der Waals surface area contributed by atoms with Crippen molar-refractivity contribution in [2.75, 3.05) is 6.61 Å². The molecule has 1 heterocycles. The maximum absolute atomic E-state index is 10.9. The van der Waals surface area contributed by atoms with E-state index in [1.54, 1.807) is 10.9 Å². The van der Waals surface area contributed by atoms with Crippen LogP contribution in [0.3, 0.4) is 0 Å². The van der Waals surface area contributed by atoms with Gasteiger partial charge in [-0.1, -0.05) is 0 Å². The van der Waals surface area contributed by atoms with E-state index in [2.05, 4.69) is 5.10 Å². The number of ether oxygens (including phenoxy) is 1. The predicted molar refractivity (Wildman–Crippen MR) is 66.6 cm³/mol. The minimum Gasteiger partial charge on any atom is -0.379 e. The predicted octanol–water partition coefficient (Wildman–Crippen LogP) is 2.48. The van der Waals surface area contributed by atoms with Crippen molar-refractivity contribution < 1.29 is 9.66 Å². The Morgan fingerprint density at radius 1 is 1.61 bits per heavy atom. The van der Waals surface area contributed by atoms with Crippen LogP contribution in [0.4, 0.5) is 5.69 Å². The van der Waals surface area contributed by atoms with Crippen molar-refractivity contribution in [3.63, 3.8) is 0 Å². The number of rotatable bonds is 7. The Morgan fingerprint density at radius 3 is 2.89 bits per heavy atom. The van der Waals surface area contributed by atoms with Crippen LogP contribution in [0.1, 0.15) is 44.7 Å². The lowest BCUT2D eigenvalue weighted by Gasteiger charge is -2.06. The van der Waals surface area contributed by atoms with Crippen molar-refractivity contribution in [3.8, 4) is 0 Å². The number of nitrogens with zero attached hydrogens (tertiary/aromatic N) is 3. The van der Waals surface area contributed by atoms with Crippen molar-refractivity contribution in [2.24, 2.45) is 0 Å². The highest BCUT2D eigenvalue weighted by Crippen LogP contribution is 2.43. The first-order chi connectivity index (χ1) is 8.58. The van der Waals surface area contributed by atoms with Gasteiger partial charge in [-0.3, -0.25) is 14.8 Å². The highest BCUT2D eigenvalue weighted by atomic mass is 16.6. The monoisotopic (exact) mass is 253 g/mol. The fourth-order valence-electron chi connectivity index (χ4n) is 1.87. The lowest BCUT2D eigenvalue weighted by atomic mass is 10.3. The van der Waals surface area contributed by atoms with Gasteiger partial charge in [0.05, 0.1) is 11.0 Å². The molecular formula is C12H19N3O3. The first kappa shape index (κ1) is 13.0. The highest BCUT2D eigenvalue weighted by molar-refractivity contribution is 5.37. The molecule has 1 aliphatic rings. The van der Waals surface area contributed by atoms with E-state index in [1.807, 2.05) is 13.8 Å². The summed E-state index contributed by atoms with van der Waals surface area (Å²) in [7, 11) is 0. The average Bonchev–Trinajstić information content (AvgIpc) is 3.05. The molecule has 0 unspecified atom stereocenters. The molecule has 1 saturated carbocycles. The van der Waals surface area contributed by atoms with Crippen LogP contribution in [0.2, 0.25) is 0 Å². The van der Waals surface area contributed by atoms with Crippen molar-refractivity contribution >= 4 is 5.69 Å². The van der Waals surface area contributed by atoms with Crippen LogP contribution < -0.4 is 0 Å². The minimum atomic E-state index is -0.332. The summed E-state index contributed by atoms with van der Waals surface area (Å²) in [5, 5.41) is 15.2. The number of aryl methyl sites for hydroxylation is 1. The fraction of sp³-hybridized carbons (Fsp3) is 0.750. The van der Waals surface area contributed by atoms with E-state index in [0.29, 0.717) is 24.8 Å². The van der Waals surface area contributed by atoms with E-state index in [0.717, 1.165) is 19.3 Å². The first-order valence-corrected chi connectivity index (χ1v) is 6.41. The van der Waals surface area contributed by atoms with Gasteiger partial charge < -0.3 is 4.74 Å². The van der Waals surface area contributed by atoms with Gasteiger partial charge >= 0.3 is 5.69 Å². The maximum atomic E-state index is 10.9. The summed E-state index contributed by atoms with van der Waals surface area (Å²) in [4.78, 5) is 10.6. The van der Waals surface area contributed by atoms with Crippen molar-refractivity contribution in [1.29, 1.82) is 0 Å². The number of hydrogen-bond donors (Lipinski definition) is 0. The Kier molecular flexibility index (Phi) is 3.96. The Hall–Kier alpha value is -1.43. The molecule has 6 nitrogen and oxygen atoms in total. The molecule has 1 aliphatic carbocycles. The summed E-state index contributed by atoms with van der Waals surface area (Å²) in [6.45, 7) is 5.30. The molecule has 0 aromatic carbocycles. The molecule has 0 amide bonds. The molecule has 18 heavy (non-hydrogen) atoms.